The number of likely N-dealkylation sites (tertiary alicyclic amines) is 1. The standard InChI is InChI=1S/C13H26N2O/c1-15-7-5-11(6-8-15)9-14-10-12-3-2-4-13(12)16/h11-14,16H,2-10H2,1H3. The van der Waals surface area contributed by atoms with Crippen molar-refractivity contribution in [3.63, 3.8) is 0 Å². The molecule has 2 aliphatic rings. The van der Waals surface area contributed by atoms with Gasteiger partial charge in [0.15, 0.2) is 0 Å². The lowest BCUT2D eigenvalue weighted by molar-refractivity contribution is 0.129. The fraction of sp³-hybridized carbons (Fsp3) is 1.00. The van der Waals surface area contributed by atoms with Gasteiger partial charge >= 0.3 is 0 Å². The summed E-state index contributed by atoms with van der Waals surface area (Å²) in [6.07, 6.45) is 6.06. The number of hydrogen-bond donors (Lipinski definition) is 2. The SMILES string of the molecule is CN1CCC(CNCC2CCCC2O)CC1. The van der Waals surface area contributed by atoms with Gasteiger partial charge in [-0.3, -0.25) is 0 Å². The lowest BCUT2D eigenvalue weighted by atomic mass is 9.97. The predicted octanol–water partition coefficient (Wildman–Crippen LogP) is 1.08. The first-order chi connectivity index (χ1) is 7.75. The van der Waals surface area contributed by atoms with E-state index in [0.717, 1.165) is 25.4 Å². The van der Waals surface area contributed by atoms with Gasteiger partial charge in [-0.25, -0.2) is 0 Å². The van der Waals surface area contributed by atoms with Crippen molar-refractivity contribution in [1.29, 1.82) is 0 Å². The summed E-state index contributed by atoms with van der Waals surface area (Å²) in [6, 6.07) is 0. The summed E-state index contributed by atoms with van der Waals surface area (Å²) >= 11 is 0. The van der Waals surface area contributed by atoms with Gasteiger partial charge in [0.1, 0.15) is 0 Å². The number of rotatable bonds is 4. The number of aliphatic hydroxyl groups is 1. The van der Waals surface area contributed by atoms with Gasteiger partial charge in [0.2, 0.25) is 0 Å². The van der Waals surface area contributed by atoms with E-state index in [4.69, 9.17) is 0 Å². The van der Waals surface area contributed by atoms with Crippen molar-refractivity contribution in [2.45, 2.75) is 38.2 Å². The zero-order valence-corrected chi connectivity index (χ0v) is 10.5. The number of piperidine rings is 1. The second kappa shape index (κ2) is 5.99. The van der Waals surface area contributed by atoms with E-state index in [1.807, 2.05) is 0 Å². The summed E-state index contributed by atoms with van der Waals surface area (Å²) < 4.78 is 0. The van der Waals surface area contributed by atoms with Crippen LogP contribution in [0.4, 0.5) is 0 Å². The van der Waals surface area contributed by atoms with Crippen LogP contribution < -0.4 is 5.32 Å². The van der Waals surface area contributed by atoms with E-state index in [1.165, 1.54) is 38.8 Å². The van der Waals surface area contributed by atoms with Crippen LogP contribution in [-0.4, -0.2) is 49.3 Å². The van der Waals surface area contributed by atoms with Gasteiger partial charge in [0.05, 0.1) is 6.10 Å². The van der Waals surface area contributed by atoms with Crippen LogP contribution in [0.25, 0.3) is 0 Å². The Hall–Kier alpha value is -0.120. The average molecular weight is 226 g/mol. The van der Waals surface area contributed by atoms with E-state index >= 15 is 0 Å². The lowest BCUT2D eigenvalue weighted by Gasteiger charge is -2.29. The molecular weight excluding hydrogens is 200 g/mol. The molecule has 0 aromatic carbocycles. The fourth-order valence-corrected chi connectivity index (χ4v) is 2.99. The number of hydrogen-bond acceptors (Lipinski definition) is 3. The van der Waals surface area contributed by atoms with Crippen LogP contribution in [0.15, 0.2) is 0 Å². The molecule has 0 spiro atoms. The average Bonchev–Trinajstić information content (AvgIpc) is 2.68. The molecule has 3 nitrogen and oxygen atoms in total. The molecule has 1 saturated carbocycles. The number of aliphatic hydroxyl groups excluding tert-OH is 1. The van der Waals surface area contributed by atoms with Crippen LogP contribution >= 0.6 is 0 Å². The Morgan fingerprint density at radius 2 is 1.88 bits per heavy atom. The maximum absolute atomic E-state index is 9.71. The molecule has 94 valence electrons. The zero-order valence-electron chi connectivity index (χ0n) is 10.5. The normalized spacial score (nSPS) is 33.4. The maximum Gasteiger partial charge on any atom is 0.0580 e. The summed E-state index contributed by atoms with van der Waals surface area (Å²) in [4.78, 5) is 2.41. The largest absolute Gasteiger partial charge is 0.393 e. The molecule has 2 atom stereocenters. The molecule has 0 amide bonds. The van der Waals surface area contributed by atoms with E-state index < -0.39 is 0 Å². The number of nitrogens with zero attached hydrogens (tertiary/aromatic N) is 1. The molecule has 1 saturated heterocycles. The molecule has 0 aromatic heterocycles. The topological polar surface area (TPSA) is 35.5 Å². The Kier molecular flexibility index (Phi) is 4.62. The summed E-state index contributed by atoms with van der Waals surface area (Å²) in [5.74, 6) is 1.38. The molecule has 2 fully saturated rings. The second-order valence-electron chi connectivity index (χ2n) is 5.66. The molecule has 2 N–H and O–H groups in total. The highest BCUT2D eigenvalue weighted by Gasteiger charge is 2.25. The minimum atomic E-state index is -0.0370. The molecule has 0 radical (unpaired) electrons. The van der Waals surface area contributed by atoms with E-state index in [-0.39, 0.29) is 6.10 Å². The molecule has 1 aliphatic carbocycles. The highest BCUT2D eigenvalue weighted by atomic mass is 16.3. The first kappa shape index (κ1) is 12.3. The Bertz CT molecular complexity index is 202. The monoisotopic (exact) mass is 226 g/mol. The van der Waals surface area contributed by atoms with E-state index in [9.17, 15) is 5.11 Å². The van der Waals surface area contributed by atoms with Gasteiger partial charge < -0.3 is 15.3 Å². The third kappa shape index (κ3) is 3.44. The van der Waals surface area contributed by atoms with Crippen LogP contribution in [0.3, 0.4) is 0 Å². The zero-order chi connectivity index (χ0) is 11.4. The van der Waals surface area contributed by atoms with Crippen LogP contribution in [0.5, 0.6) is 0 Å². The van der Waals surface area contributed by atoms with Crippen LogP contribution in [0.1, 0.15) is 32.1 Å². The molecule has 2 rings (SSSR count). The van der Waals surface area contributed by atoms with Crippen LogP contribution in [-0.2, 0) is 0 Å². The summed E-state index contributed by atoms with van der Waals surface area (Å²) in [6.45, 7) is 4.67. The van der Waals surface area contributed by atoms with Crippen molar-refractivity contribution >= 4 is 0 Å². The quantitative estimate of drug-likeness (QED) is 0.753. The molecule has 0 aromatic rings. The highest BCUT2D eigenvalue weighted by molar-refractivity contribution is 4.79. The van der Waals surface area contributed by atoms with Gasteiger partial charge in [0.25, 0.3) is 0 Å². The lowest BCUT2D eigenvalue weighted by Crippen LogP contribution is -2.37. The van der Waals surface area contributed by atoms with Crippen molar-refractivity contribution in [2.24, 2.45) is 11.8 Å². The Labute approximate surface area is 99.2 Å². The molecule has 3 heteroatoms. The third-order valence-electron chi connectivity index (χ3n) is 4.30. The molecule has 1 heterocycles. The maximum atomic E-state index is 9.71. The van der Waals surface area contributed by atoms with Crippen LogP contribution in [0.2, 0.25) is 0 Å². The molecule has 1 aliphatic heterocycles. The van der Waals surface area contributed by atoms with Crippen molar-refractivity contribution in [1.82, 2.24) is 10.2 Å². The highest BCUT2D eigenvalue weighted by Crippen LogP contribution is 2.24. The summed E-state index contributed by atoms with van der Waals surface area (Å²) in [5.41, 5.74) is 0. The van der Waals surface area contributed by atoms with Gasteiger partial charge in [-0.15, -0.1) is 0 Å². The van der Waals surface area contributed by atoms with Gasteiger partial charge in [-0.1, -0.05) is 6.42 Å². The van der Waals surface area contributed by atoms with Gasteiger partial charge in [0, 0.05) is 6.54 Å². The van der Waals surface area contributed by atoms with Crippen molar-refractivity contribution in [3.8, 4) is 0 Å². The van der Waals surface area contributed by atoms with E-state index in [0.29, 0.717) is 5.92 Å². The Morgan fingerprint density at radius 1 is 1.12 bits per heavy atom. The van der Waals surface area contributed by atoms with E-state index in [2.05, 4.69) is 17.3 Å². The van der Waals surface area contributed by atoms with Crippen molar-refractivity contribution in [3.05, 3.63) is 0 Å². The van der Waals surface area contributed by atoms with Gasteiger partial charge in [-0.05, 0) is 64.2 Å². The Morgan fingerprint density at radius 3 is 2.50 bits per heavy atom. The molecular formula is C13H26N2O. The van der Waals surface area contributed by atoms with Crippen LogP contribution in [0, 0.1) is 11.8 Å². The van der Waals surface area contributed by atoms with Gasteiger partial charge in [-0.2, -0.15) is 0 Å². The van der Waals surface area contributed by atoms with Crippen molar-refractivity contribution < 1.29 is 5.11 Å². The predicted molar refractivity (Wildman–Crippen MR) is 66.4 cm³/mol. The molecule has 0 bridgehead atoms. The minimum absolute atomic E-state index is 0.0370. The smallest absolute Gasteiger partial charge is 0.0580 e. The number of nitrogens with one attached hydrogen (secondary N) is 1. The Balaban J connectivity index is 1.57. The summed E-state index contributed by atoms with van der Waals surface area (Å²) in [7, 11) is 2.21. The summed E-state index contributed by atoms with van der Waals surface area (Å²) in [5, 5.41) is 13.3. The van der Waals surface area contributed by atoms with Crippen molar-refractivity contribution in [2.75, 3.05) is 33.2 Å². The van der Waals surface area contributed by atoms with E-state index in [1.54, 1.807) is 0 Å². The fourth-order valence-electron chi connectivity index (χ4n) is 2.99. The third-order valence-corrected chi connectivity index (χ3v) is 4.30. The first-order valence-electron chi connectivity index (χ1n) is 6.83. The minimum Gasteiger partial charge on any atom is -0.393 e. The second-order valence-corrected chi connectivity index (χ2v) is 5.66. The first-order valence-corrected chi connectivity index (χ1v) is 6.83. The molecule has 2 unspecified atom stereocenters. The molecule has 16 heavy (non-hydrogen) atoms.